The maximum absolute atomic E-state index is 12.2. The molecule has 0 radical (unpaired) electrons. The molecule has 0 spiro atoms. The average Bonchev–Trinajstić information content (AvgIpc) is 2.45. The van der Waals surface area contributed by atoms with Crippen LogP contribution in [0.2, 0.25) is 0 Å². The van der Waals surface area contributed by atoms with Crippen molar-refractivity contribution in [1.82, 2.24) is 0 Å². The van der Waals surface area contributed by atoms with E-state index in [1.54, 1.807) is 0 Å². The van der Waals surface area contributed by atoms with Crippen LogP contribution in [0, 0.1) is 0 Å². The molecule has 2 rings (SSSR count). The number of rotatable bonds is 0. The van der Waals surface area contributed by atoms with Gasteiger partial charge < -0.3 is 4.74 Å². The summed E-state index contributed by atoms with van der Waals surface area (Å²) in [6, 6.07) is 7.68. The Kier molecular flexibility index (Phi) is 5.85. The van der Waals surface area contributed by atoms with E-state index in [-0.39, 0.29) is 12.1 Å². The van der Waals surface area contributed by atoms with Gasteiger partial charge in [-0.25, -0.2) is 4.79 Å². The van der Waals surface area contributed by atoms with E-state index in [1.807, 2.05) is 37.3 Å². The van der Waals surface area contributed by atoms with Crippen molar-refractivity contribution in [3.8, 4) is 0 Å². The largest absolute Gasteiger partial charge is 0.459 e. The summed E-state index contributed by atoms with van der Waals surface area (Å²) in [5, 5.41) is 0. The molecule has 1 heterocycles. The second-order valence-electron chi connectivity index (χ2n) is 5.55. The third-order valence-electron chi connectivity index (χ3n) is 3.77. The zero-order valence-electron chi connectivity index (χ0n) is 12.3. The molecule has 20 heavy (non-hydrogen) atoms. The van der Waals surface area contributed by atoms with Gasteiger partial charge in [-0.05, 0) is 44.2 Å². The Bertz CT molecular complexity index is 462. The Morgan fingerprint density at radius 3 is 2.70 bits per heavy atom. The second-order valence-corrected chi connectivity index (χ2v) is 5.55. The van der Waals surface area contributed by atoms with E-state index in [0.717, 1.165) is 24.8 Å². The lowest BCUT2D eigenvalue weighted by atomic mass is 10.0. The Morgan fingerprint density at radius 2 is 1.80 bits per heavy atom. The first-order valence-corrected chi connectivity index (χ1v) is 7.74. The highest BCUT2D eigenvalue weighted by molar-refractivity contribution is 5.93. The van der Waals surface area contributed by atoms with Crippen molar-refractivity contribution in [2.75, 3.05) is 0 Å². The van der Waals surface area contributed by atoms with E-state index in [0.29, 0.717) is 5.56 Å². The van der Waals surface area contributed by atoms with Crippen molar-refractivity contribution in [2.24, 2.45) is 0 Å². The normalized spacial score (nSPS) is 23.2. The maximum Gasteiger partial charge on any atom is 0.338 e. The standard InChI is InChI=1S/C18H24O2/c1-15-11-7-5-3-2-4-6-8-12-16-13-9-10-14-17(16)18(19)20-15/h8-10,12-15H,2-7,11H2,1H3/b12-8+. The molecule has 108 valence electrons. The van der Waals surface area contributed by atoms with E-state index in [2.05, 4.69) is 6.08 Å². The van der Waals surface area contributed by atoms with Crippen LogP contribution in [0.25, 0.3) is 6.08 Å². The number of benzene rings is 1. The van der Waals surface area contributed by atoms with Gasteiger partial charge in [0.05, 0.1) is 11.7 Å². The molecule has 2 heteroatoms. The summed E-state index contributed by atoms with van der Waals surface area (Å²) in [7, 11) is 0. The molecular formula is C18H24O2. The molecule has 0 saturated carbocycles. The number of carbonyl (C=O) groups is 1. The number of allylic oxidation sites excluding steroid dienone is 1. The average molecular weight is 272 g/mol. The summed E-state index contributed by atoms with van der Waals surface area (Å²) in [6.07, 6.45) is 12.5. The Labute approximate surface area is 121 Å². The zero-order valence-corrected chi connectivity index (χ0v) is 12.3. The van der Waals surface area contributed by atoms with E-state index in [1.165, 1.54) is 25.7 Å². The number of hydrogen-bond acceptors (Lipinski definition) is 2. The van der Waals surface area contributed by atoms with Gasteiger partial charge in [0.2, 0.25) is 0 Å². The number of carbonyl (C=O) groups excluding carboxylic acids is 1. The van der Waals surface area contributed by atoms with E-state index < -0.39 is 0 Å². The van der Waals surface area contributed by atoms with Crippen LogP contribution >= 0.6 is 0 Å². The van der Waals surface area contributed by atoms with Gasteiger partial charge in [-0.3, -0.25) is 0 Å². The van der Waals surface area contributed by atoms with Crippen LogP contribution in [0.4, 0.5) is 0 Å². The fourth-order valence-corrected chi connectivity index (χ4v) is 2.57. The lowest BCUT2D eigenvalue weighted by Crippen LogP contribution is -2.16. The second kappa shape index (κ2) is 7.88. The molecule has 1 unspecified atom stereocenters. The van der Waals surface area contributed by atoms with Crippen molar-refractivity contribution < 1.29 is 9.53 Å². The Morgan fingerprint density at radius 1 is 1.05 bits per heavy atom. The molecule has 2 nitrogen and oxygen atoms in total. The highest BCUT2D eigenvalue weighted by atomic mass is 16.5. The first kappa shape index (κ1) is 14.8. The fourth-order valence-electron chi connectivity index (χ4n) is 2.57. The Balaban J connectivity index is 2.16. The predicted molar refractivity (Wildman–Crippen MR) is 82.7 cm³/mol. The van der Waals surface area contributed by atoms with Crippen LogP contribution in [0.3, 0.4) is 0 Å². The molecule has 1 aromatic rings. The van der Waals surface area contributed by atoms with Gasteiger partial charge in [0, 0.05) is 0 Å². The monoisotopic (exact) mass is 272 g/mol. The van der Waals surface area contributed by atoms with Gasteiger partial charge in [0.25, 0.3) is 0 Å². The summed E-state index contributed by atoms with van der Waals surface area (Å²) in [5.74, 6) is -0.199. The SMILES string of the molecule is CC1CCCCCCC/C=C/c2ccccc2C(=O)O1. The van der Waals surface area contributed by atoms with Crippen LogP contribution in [0.5, 0.6) is 0 Å². The van der Waals surface area contributed by atoms with E-state index >= 15 is 0 Å². The van der Waals surface area contributed by atoms with Crippen molar-refractivity contribution >= 4 is 12.0 Å². The van der Waals surface area contributed by atoms with Gasteiger partial charge in [0.15, 0.2) is 0 Å². The van der Waals surface area contributed by atoms with Crippen LogP contribution in [-0.2, 0) is 4.74 Å². The maximum atomic E-state index is 12.2. The minimum Gasteiger partial charge on any atom is -0.459 e. The molecule has 1 aliphatic rings. The molecule has 1 atom stereocenters. The topological polar surface area (TPSA) is 26.3 Å². The lowest BCUT2D eigenvalue weighted by molar-refractivity contribution is 0.0319. The minimum atomic E-state index is -0.199. The minimum absolute atomic E-state index is 0.00229. The summed E-state index contributed by atoms with van der Waals surface area (Å²) < 4.78 is 5.55. The number of cyclic esters (lactones) is 1. The van der Waals surface area contributed by atoms with E-state index in [4.69, 9.17) is 4.74 Å². The fraction of sp³-hybridized carbons (Fsp3) is 0.500. The van der Waals surface area contributed by atoms with Gasteiger partial charge in [-0.15, -0.1) is 0 Å². The first-order chi connectivity index (χ1) is 9.77. The third-order valence-corrected chi connectivity index (χ3v) is 3.77. The summed E-state index contributed by atoms with van der Waals surface area (Å²) in [5.41, 5.74) is 1.63. The first-order valence-electron chi connectivity index (χ1n) is 7.74. The van der Waals surface area contributed by atoms with Gasteiger partial charge in [-0.2, -0.15) is 0 Å². The van der Waals surface area contributed by atoms with Crippen molar-refractivity contribution in [3.63, 3.8) is 0 Å². The van der Waals surface area contributed by atoms with Crippen LogP contribution in [0.15, 0.2) is 30.3 Å². The quantitative estimate of drug-likeness (QED) is 0.622. The molecule has 0 bridgehead atoms. The molecule has 0 saturated heterocycles. The van der Waals surface area contributed by atoms with Crippen molar-refractivity contribution in [1.29, 1.82) is 0 Å². The van der Waals surface area contributed by atoms with Crippen LogP contribution in [-0.4, -0.2) is 12.1 Å². The Hall–Kier alpha value is -1.57. The number of hydrogen-bond donors (Lipinski definition) is 0. The molecule has 0 amide bonds. The zero-order chi connectivity index (χ0) is 14.2. The molecule has 0 N–H and O–H groups in total. The molecule has 0 aliphatic carbocycles. The molecule has 0 aromatic heterocycles. The third kappa shape index (κ3) is 4.52. The lowest BCUT2D eigenvalue weighted by Gasteiger charge is -2.14. The van der Waals surface area contributed by atoms with Gasteiger partial charge >= 0.3 is 5.97 Å². The highest BCUT2D eigenvalue weighted by Crippen LogP contribution is 2.17. The summed E-state index contributed by atoms with van der Waals surface area (Å²) >= 11 is 0. The molecular weight excluding hydrogens is 248 g/mol. The van der Waals surface area contributed by atoms with Gasteiger partial charge in [-0.1, -0.05) is 49.6 Å². The summed E-state index contributed by atoms with van der Waals surface area (Å²) in [6.45, 7) is 1.99. The summed E-state index contributed by atoms with van der Waals surface area (Å²) in [4.78, 5) is 12.2. The molecule has 1 aromatic carbocycles. The number of ether oxygens (including phenoxy) is 1. The predicted octanol–water partition coefficient (Wildman–Crippen LogP) is 4.99. The molecule has 1 aliphatic heterocycles. The van der Waals surface area contributed by atoms with Crippen molar-refractivity contribution in [3.05, 3.63) is 41.5 Å². The number of esters is 1. The van der Waals surface area contributed by atoms with Crippen LogP contribution in [0.1, 0.15) is 67.8 Å². The smallest absolute Gasteiger partial charge is 0.338 e. The highest BCUT2D eigenvalue weighted by Gasteiger charge is 2.14. The number of fused-ring (bicyclic) bond motifs is 1. The van der Waals surface area contributed by atoms with Crippen molar-refractivity contribution in [2.45, 2.75) is 58.0 Å². The van der Waals surface area contributed by atoms with E-state index in [9.17, 15) is 4.79 Å². The molecule has 0 fully saturated rings. The van der Waals surface area contributed by atoms with Crippen LogP contribution < -0.4 is 0 Å². The van der Waals surface area contributed by atoms with Gasteiger partial charge in [0.1, 0.15) is 0 Å².